The van der Waals surface area contributed by atoms with Crippen LogP contribution < -0.4 is 5.32 Å². The zero-order chi connectivity index (χ0) is 20.4. The number of nitrogens with zero attached hydrogens (tertiary/aromatic N) is 2. The Labute approximate surface area is 169 Å². The summed E-state index contributed by atoms with van der Waals surface area (Å²) in [6.07, 6.45) is 1.86. The Bertz CT molecular complexity index is 974. The van der Waals surface area contributed by atoms with Crippen LogP contribution in [0.1, 0.15) is 28.9 Å². The number of hydrogen-bond acceptors (Lipinski definition) is 5. The zero-order valence-corrected chi connectivity index (χ0v) is 16.6. The summed E-state index contributed by atoms with van der Waals surface area (Å²) >= 11 is 0. The third kappa shape index (κ3) is 4.02. The molecule has 152 valence electrons. The van der Waals surface area contributed by atoms with Crippen LogP contribution >= 0.6 is 0 Å². The highest BCUT2D eigenvalue weighted by Crippen LogP contribution is 2.41. The number of nitrogens with one attached hydrogen (secondary N) is 1. The third-order valence-electron chi connectivity index (χ3n) is 5.23. The fourth-order valence-electron chi connectivity index (χ4n) is 3.68. The number of pyridine rings is 1. The molecule has 0 unspecified atom stereocenters. The lowest BCUT2D eigenvalue weighted by molar-refractivity contribution is -0.110. The average Bonchev–Trinajstić information content (AvgIpc) is 3.25. The van der Waals surface area contributed by atoms with Gasteiger partial charge in [-0.25, -0.2) is 4.39 Å². The molecular weight excluding hydrogens is 373 g/mol. The predicted octanol–water partition coefficient (Wildman–Crippen LogP) is 3.08. The van der Waals surface area contributed by atoms with Crippen LogP contribution in [-0.4, -0.2) is 49.6 Å². The monoisotopic (exact) mass is 397 g/mol. The predicted molar refractivity (Wildman–Crippen MR) is 109 cm³/mol. The van der Waals surface area contributed by atoms with E-state index in [0.717, 1.165) is 49.5 Å². The molecule has 0 spiro atoms. The van der Waals surface area contributed by atoms with E-state index in [9.17, 15) is 9.18 Å². The van der Waals surface area contributed by atoms with E-state index in [2.05, 4.69) is 17.3 Å². The molecule has 4 rings (SSSR count). The number of methoxy groups -OCH3 is 1. The van der Waals surface area contributed by atoms with Crippen molar-refractivity contribution in [3.8, 4) is 0 Å². The molecule has 0 saturated heterocycles. The number of ether oxygens (including phenoxy) is 2. The van der Waals surface area contributed by atoms with Gasteiger partial charge < -0.3 is 19.7 Å². The molecule has 1 amide bonds. The zero-order valence-electron chi connectivity index (χ0n) is 16.6. The minimum Gasteiger partial charge on any atom is -0.486 e. The van der Waals surface area contributed by atoms with Gasteiger partial charge in [0.25, 0.3) is 5.91 Å². The van der Waals surface area contributed by atoms with Crippen LogP contribution in [0, 0.1) is 5.82 Å². The normalized spacial score (nSPS) is 17.3. The number of likely N-dealkylation sites (N-methyl/N-ethyl adjacent to an activating group) is 1. The van der Waals surface area contributed by atoms with Crippen molar-refractivity contribution in [2.75, 3.05) is 39.2 Å². The van der Waals surface area contributed by atoms with Gasteiger partial charge in [-0.3, -0.25) is 9.78 Å². The van der Waals surface area contributed by atoms with E-state index in [-0.39, 0.29) is 11.7 Å². The lowest BCUT2D eigenvalue weighted by atomic mass is 10.0. The number of fused-ring (bicyclic) bond motifs is 2. The Morgan fingerprint density at radius 1 is 1.24 bits per heavy atom. The summed E-state index contributed by atoms with van der Waals surface area (Å²) in [4.78, 5) is 19.4. The number of hydrogen-bond donors (Lipinski definition) is 1. The highest BCUT2D eigenvalue weighted by Gasteiger charge is 2.33. The van der Waals surface area contributed by atoms with Gasteiger partial charge in [-0.2, -0.15) is 0 Å². The molecule has 1 N–H and O–H groups in total. The van der Waals surface area contributed by atoms with Crippen LogP contribution in [0.25, 0.3) is 11.3 Å². The van der Waals surface area contributed by atoms with Gasteiger partial charge in [0.05, 0.1) is 17.9 Å². The summed E-state index contributed by atoms with van der Waals surface area (Å²) in [6.45, 7) is 2.91. The quantitative estimate of drug-likeness (QED) is 0.728. The Kier molecular flexibility index (Phi) is 5.60. The number of anilines is 1. The first-order chi connectivity index (χ1) is 14.1. The molecule has 0 saturated carbocycles. The van der Waals surface area contributed by atoms with Gasteiger partial charge in [-0.15, -0.1) is 0 Å². The SMILES string of the molecule is COCCN(C)CCCc1ccc2c(n1)COC2=C1C(=O)Nc2ccc(F)cc21. The molecule has 0 bridgehead atoms. The molecule has 3 heterocycles. The molecule has 2 aliphatic heterocycles. The van der Waals surface area contributed by atoms with Gasteiger partial charge in [-0.1, -0.05) is 0 Å². The van der Waals surface area contributed by atoms with Crippen molar-refractivity contribution in [1.82, 2.24) is 9.88 Å². The summed E-state index contributed by atoms with van der Waals surface area (Å²) in [7, 11) is 3.78. The van der Waals surface area contributed by atoms with Crippen LogP contribution in [0.2, 0.25) is 0 Å². The van der Waals surface area contributed by atoms with Gasteiger partial charge in [0.15, 0.2) is 0 Å². The summed E-state index contributed by atoms with van der Waals surface area (Å²) in [6, 6.07) is 8.18. The standard InChI is InChI=1S/C22H24FN3O3/c1-26(10-11-28-2)9-3-4-15-6-7-16-19(24-15)13-29-21(16)20-17-12-14(23)5-8-18(17)25-22(20)27/h5-8,12H,3-4,9-11,13H2,1-2H3,(H,25,27). The topological polar surface area (TPSA) is 63.7 Å². The van der Waals surface area contributed by atoms with Crippen molar-refractivity contribution in [1.29, 1.82) is 0 Å². The van der Waals surface area contributed by atoms with E-state index in [0.29, 0.717) is 29.2 Å². The van der Waals surface area contributed by atoms with Gasteiger partial charge >= 0.3 is 0 Å². The van der Waals surface area contributed by atoms with Crippen molar-refractivity contribution >= 4 is 22.9 Å². The molecule has 2 aliphatic rings. The Morgan fingerprint density at radius 2 is 2.10 bits per heavy atom. The lowest BCUT2D eigenvalue weighted by Gasteiger charge is -2.15. The minimum absolute atomic E-state index is 0.281. The number of aryl methyl sites for hydroxylation is 1. The second-order valence-corrected chi connectivity index (χ2v) is 7.33. The van der Waals surface area contributed by atoms with Crippen LogP contribution in [0.4, 0.5) is 10.1 Å². The van der Waals surface area contributed by atoms with Gasteiger partial charge in [0, 0.05) is 36.2 Å². The second kappa shape index (κ2) is 8.31. The first-order valence-corrected chi connectivity index (χ1v) is 9.72. The maximum Gasteiger partial charge on any atom is 0.260 e. The fourth-order valence-corrected chi connectivity index (χ4v) is 3.68. The summed E-state index contributed by atoms with van der Waals surface area (Å²) in [5.41, 5.74) is 4.11. The molecule has 1 aromatic carbocycles. The first-order valence-electron chi connectivity index (χ1n) is 9.72. The number of amides is 1. The van der Waals surface area contributed by atoms with E-state index in [1.807, 2.05) is 12.1 Å². The van der Waals surface area contributed by atoms with E-state index in [4.69, 9.17) is 14.5 Å². The van der Waals surface area contributed by atoms with E-state index in [1.165, 1.54) is 12.1 Å². The molecule has 7 heteroatoms. The molecule has 2 aromatic rings. The minimum atomic E-state index is -0.388. The molecule has 0 fully saturated rings. The third-order valence-corrected chi connectivity index (χ3v) is 5.23. The van der Waals surface area contributed by atoms with Crippen LogP contribution in [-0.2, 0) is 27.3 Å². The molecule has 0 atom stereocenters. The Balaban J connectivity index is 1.52. The second-order valence-electron chi connectivity index (χ2n) is 7.33. The number of carbonyl (C=O) groups excluding carboxylic acids is 1. The highest BCUT2D eigenvalue weighted by molar-refractivity contribution is 6.36. The summed E-state index contributed by atoms with van der Waals surface area (Å²) in [5, 5.41) is 2.77. The smallest absolute Gasteiger partial charge is 0.260 e. The summed E-state index contributed by atoms with van der Waals surface area (Å²) < 4.78 is 24.6. The van der Waals surface area contributed by atoms with Crippen LogP contribution in [0.3, 0.4) is 0 Å². The first kappa shape index (κ1) is 19.5. The Morgan fingerprint density at radius 3 is 2.93 bits per heavy atom. The molecule has 6 nitrogen and oxygen atoms in total. The number of halogens is 1. The van der Waals surface area contributed by atoms with Crippen molar-refractivity contribution in [3.63, 3.8) is 0 Å². The number of aromatic nitrogens is 1. The maximum absolute atomic E-state index is 13.7. The molecule has 1 aromatic heterocycles. The highest BCUT2D eigenvalue weighted by atomic mass is 19.1. The molecule has 0 aliphatic carbocycles. The lowest BCUT2D eigenvalue weighted by Crippen LogP contribution is -2.24. The van der Waals surface area contributed by atoms with E-state index >= 15 is 0 Å². The number of carbonyl (C=O) groups is 1. The van der Waals surface area contributed by atoms with Crippen molar-refractivity contribution in [3.05, 3.63) is 58.7 Å². The largest absolute Gasteiger partial charge is 0.486 e. The molecule has 0 radical (unpaired) electrons. The van der Waals surface area contributed by atoms with Crippen molar-refractivity contribution in [2.24, 2.45) is 0 Å². The van der Waals surface area contributed by atoms with Crippen LogP contribution in [0.5, 0.6) is 0 Å². The van der Waals surface area contributed by atoms with E-state index < -0.39 is 0 Å². The fraction of sp³-hybridized carbons (Fsp3) is 0.364. The van der Waals surface area contributed by atoms with Gasteiger partial charge in [0.2, 0.25) is 0 Å². The van der Waals surface area contributed by atoms with Crippen molar-refractivity contribution < 1.29 is 18.7 Å². The number of rotatable bonds is 7. The van der Waals surface area contributed by atoms with E-state index in [1.54, 1.807) is 13.2 Å². The Hall–Kier alpha value is -2.77. The van der Waals surface area contributed by atoms with Crippen LogP contribution in [0.15, 0.2) is 30.3 Å². The number of benzene rings is 1. The van der Waals surface area contributed by atoms with Gasteiger partial charge in [0.1, 0.15) is 18.2 Å². The maximum atomic E-state index is 13.7. The summed E-state index contributed by atoms with van der Waals surface area (Å²) in [5.74, 6) is -0.197. The van der Waals surface area contributed by atoms with Gasteiger partial charge in [-0.05, 0) is 56.8 Å². The molecule has 29 heavy (non-hydrogen) atoms. The average molecular weight is 397 g/mol. The molecular formula is C22H24FN3O3. The van der Waals surface area contributed by atoms with Crippen molar-refractivity contribution in [2.45, 2.75) is 19.4 Å².